The van der Waals surface area contributed by atoms with Gasteiger partial charge in [-0.05, 0) is 65.9 Å². The minimum absolute atomic E-state index is 0.196. The van der Waals surface area contributed by atoms with Gasteiger partial charge in [0.2, 0.25) is 0 Å². The first-order valence-electron chi connectivity index (χ1n) is 9.21. The molecule has 0 atom stereocenters. The van der Waals surface area contributed by atoms with Crippen LogP contribution in [-0.4, -0.2) is 37.0 Å². The zero-order valence-corrected chi connectivity index (χ0v) is 18.6. The van der Waals surface area contributed by atoms with Crippen LogP contribution in [0.15, 0.2) is 65.7 Å². The molecule has 0 radical (unpaired) electrons. The molecule has 1 fully saturated rings. The normalized spacial score (nSPS) is 15.2. The fourth-order valence-electron chi connectivity index (χ4n) is 3.53. The van der Waals surface area contributed by atoms with Crippen molar-refractivity contribution in [2.45, 2.75) is 17.9 Å². The van der Waals surface area contributed by atoms with Gasteiger partial charge in [-0.3, -0.25) is 8.58 Å². The van der Waals surface area contributed by atoms with E-state index in [2.05, 4.69) is 50.1 Å². The summed E-state index contributed by atoms with van der Waals surface area (Å²) < 4.78 is 33.5. The van der Waals surface area contributed by atoms with Gasteiger partial charge < -0.3 is 4.90 Å². The minimum atomic E-state index is -3.74. The standard InChI is InChI=1S/C21H18IN3O3S/c1-14-2-5-18(6-3-14)29(26,27)28-17-12-24(13-17)16-8-9-25-20-7-4-15(22)10-19(20)23-21(25)11-16/h2-11,17H,12-13H2,1H3. The lowest BCUT2D eigenvalue weighted by Gasteiger charge is -2.39. The van der Waals surface area contributed by atoms with Crippen molar-refractivity contribution in [2.24, 2.45) is 0 Å². The number of pyridine rings is 1. The molecule has 0 bridgehead atoms. The summed E-state index contributed by atoms with van der Waals surface area (Å²) in [5, 5.41) is 0. The number of nitrogens with zero attached hydrogens (tertiary/aromatic N) is 3. The van der Waals surface area contributed by atoms with Crippen LogP contribution in [0.1, 0.15) is 5.56 Å². The van der Waals surface area contributed by atoms with Gasteiger partial charge in [0.25, 0.3) is 10.1 Å². The third-order valence-corrected chi connectivity index (χ3v) is 7.18. The molecule has 0 saturated carbocycles. The van der Waals surface area contributed by atoms with Crippen LogP contribution in [0, 0.1) is 10.5 Å². The Kier molecular flexibility index (Phi) is 4.52. The molecule has 0 aliphatic carbocycles. The molecule has 1 aliphatic rings. The maximum absolute atomic E-state index is 12.4. The zero-order chi connectivity index (χ0) is 20.2. The summed E-state index contributed by atoms with van der Waals surface area (Å²) in [5.74, 6) is 0. The Hall–Kier alpha value is -2.17. The van der Waals surface area contributed by atoms with Crippen molar-refractivity contribution in [2.75, 3.05) is 18.0 Å². The lowest BCUT2D eigenvalue weighted by molar-refractivity contribution is 0.175. The maximum atomic E-state index is 12.4. The average molecular weight is 519 g/mol. The van der Waals surface area contributed by atoms with Gasteiger partial charge in [-0.1, -0.05) is 17.7 Å². The first-order chi connectivity index (χ1) is 13.9. The summed E-state index contributed by atoms with van der Waals surface area (Å²) in [6, 6.07) is 17.0. The molecule has 0 amide bonds. The predicted octanol–water partition coefficient (Wildman–Crippen LogP) is 3.99. The topological polar surface area (TPSA) is 63.9 Å². The number of halogens is 1. The molecular weight excluding hydrogens is 501 g/mol. The van der Waals surface area contributed by atoms with E-state index in [-0.39, 0.29) is 11.0 Å². The van der Waals surface area contributed by atoms with E-state index in [1.807, 2.05) is 25.3 Å². The van der Waals surface area contributed by atoms with Crippen LogP contribution in [-0.2, 0) is 14.3 Å². The number of hydrogen-bond donors (Lipinski definition) is 0. The SMILES string of the molecule is Cc1ccc(S(=O)(=O)OC2CN(c3ccn4c(c3)nc3cc(I)ccc34)C2)cc1. The van der Waals surface area contributed by atoms with E-state index in [1.54, 1.807) is 24.3 Å². The van der Waals surface area contributed by atoms with Gasteiger partial charge in [-0.2, -0.15) is 8.42 Å². The van der Waals surface area contributed by atoms with Crippen LogP contribution < -0.4 is 4.90 Å². The lowest BCUT2D eigenvalue weighted by atomic mass is 10.1. The molecule has 8 heteroatoms. The van der Waals surface area contributed by atoms with Gasteiger partial charge in [0.05, 0.1) is 15.9 Å². The second-order valence-electron chi connectivity index (χ2n) is 7.25. The maximum Gasteiger partial charge on any atom is 0.297 e. The number of hydrogen-bond acceptors (Lipinski definition) is 5. The van der Waals surface area contributed by atoms with Crippen molar-refractivity contribution in [3.63, 3.8) is 0 Å². The van der Waals surface area contributed by atoms with Gasteiger partial charge in [-0.15, -0.1) is 0 Å². The molecule has 5 rings (SSSR count). The largest absolute Gasteiger partial charge is 0.366 e. The molecule has 0 spiro atoms. The Bertz CT molecular complexity index is 1330. The van der Waals surface area contributed by atoms with E-state index in [4.69, 9.17) is 9.17 Å². The molecule has 1 aliphatic heterocycles. The first kappa shape index (κ1) is 18.8. The summed E-state index contributed by atoms with van der Waals surface area (Å²) in [7, 11) is -3.74. The van der Waals surface area contributed by atoms with Gasteiger partial charge >= 0.3 is 0 Å². The molecule has 2 aromatic heterocycles. The van der Waals surface area contributed by atoms with Gasteiger partial charge in [0.1, 0.15) is 11.8 Å². The first-order valence-corrected chi connectivity index (χ1v) is 11.7. The van der Waals surface area contributed by atoms with E-state index >= 15 is 0 Å². The number of rotatable bonds is 4. The molecule has 3 heterocycles. The highest BCUT2D eigenvalue weighted by Gasteiger charge is 2.33. The smallest absolute Gasteiger partial charge is 0.297 e. The number of aryl methyl sites for hydroxylation is 1. The summed E-state index contributed by atoms with van der Waals surface area (Å²) in [4.78, 5) is 7.00. The summed E-state index contributed by atoms with van der Waals surface area (Å²) in [5.41, 5.74) is 4.92. The van der Waals surface area contributed by atoms with E-state index in [1.165, 1.54) is 0 Å². The second kappa shape index (κ2) is 6.96. The Morgan fingerprint density at radius 3 is 2.59 bits per heavy atom. The highest BCUT2D eigenvalue weighted by molar-refractivity contribution is 14.1. The molecular formula is C21H18IN3O3S. The minimum Gasteiger partial charge on any atom is -0.366 e. The van der Waals surface area contributed by atoms with Gasteiger partial charge in [0.15, 0.2) is 0 Å². The van der Waals surface area contributed by atoms with Crippen LogP contribution in [0.4, 0.5) is 5.69 Å². The van der Waals surface area contributed by atoms with Crippen molar-refractivity contribution in [1.82, 2.24) is 9.38 Å². The van der Waals surface area contributed by atoms with E-state index < -0.39 is 10.1 Å². The Morgan fingerprint density at radius 1 is 1.07 bits per heavy atom. The molecule has 29 heavy (non-hydrogen) atoms. The predicted molar refractivity (Wildman–Crippen MR) is 121 cm³/mol. The van der Waals surface area contributed by atoms with Crippen LogP contribution in [0.5, 0.6) is 0 Å². The number of anilines is 1. The lowest BCUT2D eigenvalue weighted by Crippen LogP contribution is -2.53. The highest BCUT2D eigenvalue weighted by Crippen LogP contribution is 2.28. The zero-order valence-electron chi connectivity index (χ0n) is 15.6. The van der Waals surface area contributed by atoms with Crippen molar-refractivity contribution < 1.29 is 12.6 Å². The molecule has 1 saturated heterocycles. The number of benzene rings is 2. The molecule has 2 aromatic carbocycles. The summed E-state index contributed by atoms with van der Waals surface area (Å²) >= 11 is 2.28. The number of aromatic nitrogens is 2. The van der Waals surface area contributed by atoms with Crippen molar-refractivity contribution >= 4 is 55.1 Å². The van der Waals surface area contributed by atoms with Gasteiger partial charge in [-0.25, -0.2) is 4.98 Å². The number of fused-ring (bicyclic) bond motifs is 3. The summed E-state index contributed by atoms with van der Waals surface area (Å²) in [6.45, 7) is 2.97. The second-order valence-corrected chi connectivity index (χ2v) is 10.1. The fraction of sp³-hybridized carbons (Fsp3) is 0.190. The van der Waals surface area contributed by atoms with Crippen LogP contribution in [0.2, 0.25) is 0 Å². The molecule has 148 valence electrons. The van der Waals surface area contributed by atoms with Gasteiger partial charge in [0, 0.05) is 34.6 Å². The third kappa shape index (κ3) is 3.49. The van der Waals surface area contributed by atoms with Crippen LogP contribution in [0.3, 0.4) is 0 Å². The van der Waals surface area contributed by atoms with Crippen LogP contribution in [0.25, 0.3) is 16.7 Å². The average Bonchev–Trinajstić information content (AvgIpc) is 3.01. The van der Waals surface area contributed by atoms with Crippen molar-refractivity contribution in [1.29, 1.82) is 0 Å². The summed E-state index contributed by atoms with van der Waals surface area (Å²) in [6.07, 6.45) is 1.65. The highest BCUT2D eigenvalue weighted by atomic mass is 127. The van der Waals surface area contributed by atoms with Crippen LogP contribution >= 0.6 is 22.6 Å². The Labute approximate surface area is 182 Å². The quantitative estimate of drug-likeness (QED) is 0.302. The Balaban J connectivity index is 1.32. The number of imidazole rings is 1. The molecule has 0 unspecified atom stereocenters. The molecule has 0 N–H and O–H groups in total. The molecule has 6 nitrogen and oxygen atoms in total. The van der Waals surface area contributed by atoms with E-state index in [9.17, 15) is 8.42 Å². The fourth-order valence-corrected chi connectivity index (χ4v) is 5.06. The Morgan fingerprint density at radius 2 is 1.83 bits per heavy atom. The third-order valence-electron chi connectivity index (χ3n) is 5.14. The monoisotopic (exact) mass is 519 g/mol. The van der Waals surface area contributed by atoms with Crippen molar-refractivity contribution in [3.8, 4) is 0 Å². The molecule has 4 aromatic rings. The van der Waals surface area contributed by atoms with E-state index in [0.29, 0.717) is 13.1 Å². The van der Waals surface area contributed by atoms with Crippen molar-refractivity contribution in [3.05, 3.63) is 69.9 Å². The van der Waals surface area contributed by atoms with E-state index in [0.717, 1.165) is 31.5 Å².